The van der Waals surface area contributed by atoms with Gasteiger partial charge < -0.3 is 9.47 Å². The second-order valence-corrected chi connectivity index (χ2v) is 3.18. The van der Waals surface area contributed by atoms with Gasteiger partial charge in [-0.25, -0.2) is 9.97 Å². The van der Waals surface area contributed by atoms with Gasteiger partial charge in [0, 0.05) is 18.0 Å². The van der Waals surface area contributed by atoms with Gasteiger partial charge in [-0.15, -0.1) is 0 Å². The van der Waals surface area contributed by atoms with E-state index in [0.717, 1.165) is 11.3 Å². The summed E-state index contributed by atoms with van der Waals surface area (Å²) >= 11 is 0. The lowest BCUT2D eigenvalue weighted by Gasteiger charge is -2.05. The predicted octanol–water partition coefficient (Wildman–Crippen LogP) is 2.06. The first-order chi connectivity index (χ1) is 7.88. The SMILES string of the molecule is COc1ncc(COc2ccccc2)cn1. The Balaban J connectivity index is 1.94. The molecule has 0 radical (unpaired) electrons. The molecule has 4 nitrogen and oxygen atoms in total. The fraction of sp³-hybridized carbons (Fsp3) is 0.167. The smallest absolute Gasteiger partial charge is 0.316 e. The standard InChI is InChI=1S/C12H12N2O2/c1-15-12-13-7-10(8-14-12)9-16-11-5-3-2-4-6-11/h2-8H,9H2,1H3. The minimum Gasteiger partial charge on any atom is -0.489 e. The molecule has 0 aliphatic rings. The molecule has 0 N–H and O–H groups in total. The molecular weight excluding hydrogens is 204 g/mol. The molecule has 0 unspecified atom stereocenters. The molecule has 0 atom stereocenters. The summed E-state index contributed by atoms with van der Waals surface area (Å²) in [4.78, 5) is 7.99. The molecule has 1 aromatic carbocycles. The molecule has 1 heterocycles. The lowest BCUT2D eigenvalue weighted by Crippen LogP contribution is -1.98. The summed E-state index contributed by atoms with van der Waals surface area (Å²) in [7, 11) is 1.54. The molecule has 0 amide bonds. The number of benzene rings is 1. The van der Waals surface area contributed by atoms with Gasteiger partial charge in [0.05, 0.1) is 7.11 Å². The lowest BCUT2D eigenvalue weighted by atomic mass is 10.3. The highest BCUT2D eigenvalue weighted by molar-refractivity contribution is 5.21. The molecule has 82 valence electrons. The summed E-state index contributed by atoms with van der Waals surface area (Å²) in [5.41, 5.74) is 0.907. The van der Waals surface area contributed by atoms with Crippen LogP contribution >= 0.6 is 0 Å². The van der Waals surface area contributed by atoms with Crippen molar-refractivity contribution in [3.05, 3.63) is 48.3 Å². The Morgan fingerprint density at radius 1 is 1.06 bits per heavy atom. The highest BCUT2D eigenvalue weighted by Crippen LogP contribution is 2.11. The fourth-order valence-corrected chi connectivity index (χ4v) is 1.21. The van der Waals surface area contributed by atoms with E-state index in [-0.39, 0.29) is 0 Å². The van der Waals surface area contributed by atoms with E-state index >= 15 is 0 Å². The molecule has 1 aromatic heterocycles. The lowest BCUT2D eigenvalue weighted by molar-refractivity contribution is 0.304. The summed E-state index contributed by atoms with van der Waals surface area (Å²) in [5, 5.41) is 0. The zero-order valence-corrected chi connectivity index (χ0v) is 8.96. The fourth-order valence-electron chi connectivity index (χ4n) is 1.21. The number of rotatable bonds is 4. The van der Waals surface area contributed by atoms with E-state index in [2.05, 4.69) is 9.97 Å². The molecule has 0 saturated heterocycles. The third-order valence-corrected chi connectivity index (χ3v) is 2.01. The Morgan fingerprint density at radius 2 is 1.75 bits per heavy atom. The maximum absolute atomic E-state index is 5.54. The second kappa shape index (κ2) is 5.11. The Kier molecular flexibility index (Phi) is 3.33. The summed E-state index contributed by atoms with van der Waals surface area (Å²) in [6.07, 6.45) is 3.38. The summed E-state index contributed by atoms with van der Waals surface area (Å²) in [5.74, 6) is 0.832. The van der Waals surface area contributed by atoms with E-state index < -0.39 is 0 Å². The van der Waals surface area contributed by atoms with Crippen LogP contribution in [0.5, 0.6) is 11.8 Å². The topological polar surface area (TPSA) is 44.2 Å². The molecule has 2 rings (SSSR count). The van der Waals surface area contributed by atoms with E-state index in [1.165, 1.54) is 7.11 Å². The quantitative estimate of drug-likeness (QED) is 0.784. The van der Waals surface area contributed by atoms with Crippen LogP contribution in [-0.2, 0) is 6.61 Å². The molecular formula is C12H12N2O2. The molecule has 0 bridgehead atoms. The Hall–Kier alpha value is -2.10. The van der Waals surface area contributed by atoms with Crippen molar-refractivity contribution in [1.82, 2.24) is 9.97 Å². The molecule has 16 heavy (non-hydrogen) atoms. The summed E-state index contributed by atoms with van der Waals surface area (Å²) < 4.78 is 10.4. The molecule has 0 spiro atoms. The van der Waals surface area contributed by atoms with Gasteiger partial charge in [0.15, 0.2) is 0 Å². The van der Waals surface area contributed by atoms with Crippen LogP contribution in [-0.4, -0.2) is 17.1 Å². The maximum atomic E-state index is 5.54. The minimum atomic E-state index is 0.364. The van der Waals surface area contributed by atoms with Crippen LogP contribution in [0.1, 0.15) is 5.56 Å². The van der Waals surface area contributed by atoms with Gasteiger partial charge in [0.2, 0.25) is 0 Å². The highest BCUT2D eigenvalue weighted by atomic mass is 16.5. The molecule has 4 heteroatoms. The number of aromatic nitrogens is 2. The average Bonchev–Trinajstić information content (AvgIpc) is 2.38. The third kappa shape index (κ3) is 2.70. The number of hydrogen-bond acceptors (Lipinski definition) is 4. The van der Waals surface area contributed by atoms with Crippen molar-refractivity contribution in [3.8, 4) is 11.8 Å². The first-order valence-electron chi connectivity index (χ1n) is 4.91. The second-order valence-electron chi connectivity index (χ2n) is 3.18. The van der Waals surface area contributed by atoms with Crippen molar-refractivity contribution in [2.45, 2.75) is 6.61 Å². The van der Waals surface area contributed by atoms with Crippen LogP contribution < -0.4 is 9.47 Å². The van der Waals surface area contributed by atoms with Crippen molar-refractivity contribution in [2.24, 2.45) is 0 Å². The van der Waals surface area contributed by atoms with Gasteiger partial charge in [0.1, 0.15) is 12.4 Å². The molecule has 0 saturated carbocycles. The monoisotopic (exact) mass is 216 g/mol. The molecule has 0 aliphatic heterocycles. The van der Waals surface area contributed by atoms with Crippen LogP contribution in [0.2, 0.25) is 0 Å². The summed E-state index contributed by atoms with van der Waals surface area (Å²) in [6, 6.07) is 9.99. The van der Waals surface area contributed by atoms with E-state index in [4.69, 9.17) is 9.47 Å². The largest absolute Gasteiger partial charge is 0.489 e. The zero-order valence-electron chi connectivity index (χ0n) is 8.96. The van der Waals surface area contributed by atoms with Crippen molar-refractivity contribution >= 4 is 0 Å². The van der Waals surface area contributed by atoms with Gasteiger partial charge in [-0.3, -0.25) is 0 Å². The highest BCUT2D eigenvalue weighted by Gasteiger charge is 1.98. The van der Waals surface area contributed by atoms with Crippen molar-refractivity contribution < 1.29 is 9.47 Å². The van der Waals surface area contributed by atoms with E-state index in [0.29, 0.717) is 12.6 Å². The third-order valence-electron chi connectivity index (χ3n) is 2.01. The number of ether oxygens (including phenoxy) is 2. The maximum Gasteiger partial charge on any atom is 0.316 e. The minimum absolute atomic E-state index is 0.364. The van der Waals surface area contributed by atoms with E-state index in [1.807, 2.05) is 30.3 Å². The van der Waals surface area contributed by atoms with Crippen LogP contribution in [0.4, 0.5) is 0 Å². The van der Waals surface area contributed by atoms with E-state index in [9.17, 15) is 0 Å². The number of para-hydroxylation sites is 1. The number of methoxy groups -OCH3 is 1. The van der Waals surface area contributed by atoms with Crippen LogP contribution in [0.3, 0.4) is 0 Å². The molecule has 0 aliphatic carbocycles. The Morgan fingerprint density at radius 3 is 2.38 bits per heavy atom. The van der Waals surface area contributed by atoms with Crippen molar-refractivity contribution in [3.63, 3.8) is 0 Å². The zero-order chi connectivity index (χ0) is 11.2. The van der Waals surface area contributed by atoms with Crippen LogP contribution in [0, 0.1) is 0 Å². The van der Waals surface area contributed by atoms with Crippen molar-refractivity contribution in [1.29, 1.82) is 0 Å². The van der Waals surface area contributed by atoms with Gasteiger partial charge in [-0.2, -0.15) is 0 Å². The summed E-state index contributed by atoms with van der Waals surface area (Å²) in [6.45, 7) is 0.452. The van der Waals surface area contributed by atoms with Gasteiger partial charge in [0.25, 0.3) is 0 Å². The Labute approximate surface area is 93.9 Å². The van der Waals surface area contributed by atoms with Crippen LogP contribution in [0.15, 0.2) is 42.7 Å². The Bertz CT molecular complexity index is 429. The molecule has 0 fully saturated rings. The van der Waals surface area contributed by atoms with Gasteiger partial charge in [-0.1, -0.05) is 18.2 Å². The predicted molar refractivity (Wildman–Crippen MR) is 59.4 cm³/mol. The number of hydrogen-bond donors (Lipinski definition) is 0. The first kappa shape index (κ1) is 10.4. The molecule has 2 aromatic rings. The van der Waals surface area contributed by atoms with Crippen LogP contribution in [0.25, 0.3) is 0 Å². The average molecular weight is 216 g/mol. The first-order valence-corrected chi connectivity index (χ1v) is 4.91. The van der Waals surface area contributed by atoms with Gasteiger partial charge in [-0.05, 0) is 12.1 Å². The normalized spacial score (nSPS) is 9.81. The number of nitrogens with zero attached hydrogens (tertiary/aromatic N) is 2. The van der Waals surface area contributed by atoms with Gasteiger partial charge >= 0.3 is 6.01 Å². The van der Waals surface area contributed by atoms with E-state index in [1.54, 1.807) is 12.4 Å². The van der Waals surface area contributed by atoms with Crippen molar-refractivity contribution in [2.75, 3.05) is 7.11 Å².